The van der Waals surface area contributed by atoms with Crippen molar-refractivity contribution >= 4 is 17.2 Å². The van der Waals surface area contributed by atoms with E-state index >= 15 is 0 Å². The Morgan fingerprint density at radius 1 is 1.10 bits per heavy atom. The summed E-state index contributed by atoms with van der Waals surface area (Å²) in [4.78, 5) is 36.3. The van der Waals surface area contributed by atoms with E-state index in [4.69, 9.17) is 9.47 Å². The minimum absolute atomic E-state index is 0.0808. The molecular formula is C31H43N3O4S. The standard InChI is InChI=1S/C31H43N3O4S/c1-18-13-19(2)32-30(35)26(18)16-33-11-9-27-28(31(33)36)21(4)29(39-27)20(3)22-5-7-23(8-6-22)34-14-25(15-34)38-24-10-12-37-17-24/h13,20,22-25H,5-12,14-17H2,1-4H3,(H,32,35)/t20-,22?,23?,24+/m1/s1. The molecule has 212 valence electrons. The van der Waals surface area contributed by atoms with Gasteiger partial charge in [-0.1, -0.05) is 6.92 Å². The number of amides is 1. The van der Waals surface area contributed by atoms with Crippen molar-refractivity contribution in [3.05, 3.63) is 54.1 Å². The van der Waals surface area contributed by atoms with Crippen molar-refractivity contribution in [2.24, 2.45) is 5.92 Å². The van der Waals surface area contributed by atoms with E-state index in [2.05, 4.69) is 23.7 Å². The highest BCUT2D eigenvalue weighted by molar-refractivity contribution is 7.12. The van der Waals surface area contributed by atoms with Crippen LogP contribution in [0.4, 0.5) is 0 Å². The predicted molar refractivity (Wildman–Crippen MR) is 154 cm³/mol. The van der Waals surface area contributed by atoms with E-state index < -0.39 is 0 Å². The Hall–Kier alpha value is -2.00. The summed E-state index contributed by atoms with van der Waals surface area (Å²) in [6, 6.07) is 2.68. The number of aromatic nitrogens is 1. The molecule has 3 aliphatic heterocycles. The van der Waals surface area contributed by atoms with Gasteiger partial charge in [-0.2, -0.15) is 0 Å². The number of fused-ring (bicyclic) bond motifs is 1. The van der Waals surface area contributed by atoms with Gasteiger partial charge >= 0.3 is 0 Å². The van der Waals surface area contributed by atoms with Gasteiger partial charge in [0.05, 0.1) is 30.9 Å². The number of H-pyrrole nitrogens is 1. The fraction of sp³-hybridized carbons (Fsp3) is 0.677. The molecule has 7 nitrogen and oxygen atoms in total. The second kappa shape index (κ2) is 11.1. The molecule has 0 radical (unpaired) electrons. The van der Waals surface area contributed by atoms with Crippen LogP contribution in [0.3, 0.4) is 0 Å². The third-order valence-corrected chi connectivity index (χ3v) is 11.3. The van der Waals surface area contributed by atoms with Crippen LogP contribution in [-0.4, -0.2) is 71.8 Å². The number of aryl methyl sites for hydroxylation is 2. The first kappa shape index (κ1) is 27.2. The summed E-state index contributed by atoms with van der Waals surface area (Å²) in [7, 11) is 0. The number of hydrogen-bond acceptors (Lipinski definition) is 6. The van der Waals surface area contributed by atoms with Crippen LogP contribution in [0.5, 0.6) is 0 Å². The monoisotopic (exact) mass is 553 g/mol. The smallest absolute Gasteiger partial charge is 0.255 e. The lowest BCUT2D eigenvalue weighted by atomic mass is 9.76. The number of pyridine rings is 1. The van der Waals surface area contributed by atoms with Gasteiger partial charge in [0, 0.05) is 59.7 Å². The molecule has 0 unspecified atom stereocenters. The van der Waals surface area contributed by atoms with Gasteiger partial charge in [0.15, 0.2) is 0 Å². The van der Waals surface area contributed by atoms with E-state index in [-0.39, 0.29) is 11.5 Å². The number of hydrogen-bond donors (Lipinski definition) is 1. The van der Waals surface area contributed by atoms with Crippen molar-refractivity contribution in [1.82, 2.24) is 14.8 Å². The van der Waals surface area contributed by atoms with Crippen molar-refractivity contribution in [3.8, 4) is 0 Å². The quantitative estimate of drug-likeness (QED) is 0.538. The largest absolute Gasteiger partial charge is 0.379 e. The maximum absolute atomic E-state index is 13.6. The van der Waals surface area contributed by atoms with Gasteiger partial charge in [-0.3, -0.25) is 14.5 Å². The summed E-state index contributed by atoms with van der Waals surface area (Å²) >= 11 is 1.87. The first-order chi connectivity index (χ1) is 18.8. The molecule has 0 spiro atoms. The molecule has 1 N–H and O–H groups in total. The van der Waals surface area contributed by atoms with Crippen LogP contribution in [0.25, 0.3) is 0 Å². The zero-order valence-corrected chi connectivity index (χ0v) is 24.7. The second-order valence-corrected chi connectivity index (χ2v) is 13.5. The van der Waals surface area contributed by atoms with Crippen LogP contribution < -0.4 is 5.56 Å². The zero-order chi connectivity index (χ0) is 27.3. The molecule has 4 aliphatic rings. The van der Waals surface area contributed by atoms with Crippen LogP contribution in [-0.2, 0) is 22.4 Å². The number of ether oxygens (including phenoxy) is 2. The van der Waals surface area contributed by atoms with Gasteiger partial charge in [0.25, 0.3) is 11.5 Å². The minimum Gasteiger partial charge on any atom is -0.379 e. The molecule has 0 aromatic carbocycles. The van der Waals surface area contributed by atoms with E-state index in [1.165, 1.54) is 41.0 Å². The van der Waals surface area contributed by atoms with Gasteiger partial charge in [0.2, 0.25) is 0 Å². The van der Waals surface area contributed by atoms with Gasteiger partial charge < -0.3 is 19.4 Å². The maximum Gasteiger partial charge on any atom is 0.255 e. The summed E-state index contributed by atoms with van der Waals surface area (Å²) in [5, 5.41) is 0. The third kappa shape index (κ3) is 5.37. The van der Waals surface area contributed by atoms with Crippen molar-refractivity contribution in [2.45, 2.75) is 96.9 Å². The van der Waals surface area contributed by atoms with Gasteiger partial charge in [-0.25, -0.2) is 0 Å². The average molecular weight is 554 g/mol. The average Bonchev–Trinajstić information content (AvgIpc) is 3.52. The number of aromatic amines is 1. The molecule has 8 heteroatoms. The zero-order valence-electron chi connectivity index (χ0n) is 23.9. The molecule has 39 heavy (non-hydrogen) atoms. The van der Waals surface area contributed by atoms with Crippen LogP contribution in [0.2, 0.25) is 0 Å². The Labute approximate surface area is 235 Å². The van der Waals surface area contributed by atoms with Crippen molar-refractivity contribution in [3.63, 3.8) is 0 Å². The van der Waals surface area contributed by atoms with E-state index in [1.54, 1.807) is 0 Å². The van der Waals surface area contributed by atoms with Gasteiger partial charge in [-0.15, -0.1) is 11.3 Å². The summed E-state index contributed by atoms with van der Waals surface area (Å²) in [5.41, 5.74) is 4.50. The normalized spacial score (nSPS) is 27.0. The molecule has 1 saturated carbocycles. The summed E-state index contributed by atoms with van der Waals surface area (Å²) in [6.45, 7) is 13.2. The first-order valence-electron chi connectivity index (χ1n) is 14.9. The SMILES string of the molecule is Cc1cc(C)c(CN2CCc3sc([C@H](C)C4CCC(N5CC(O[C@H]6CCOC6)C5)CC4)c(C)c3C2=O)c(=O)[nH]1. The minimum atomic E-state index is -0.0808. The fourth-order valence-corrected chi connectivity index (χ4v) is 8.76. The molecule has 2 saturated heterocycles. The van der Waals surface area contributed by atoms with Crippen LogP contribution in [0.15, 0.2) is 10.9 Å². The van der Waals surface area contributed by atoms with E-state index in [0.29, 0.717) is 48.7 Å². The lowest BCUT2D eigenvalue weighted by molar-refractivity contribution is -0.110. The van der Waals surface area contributed by atoms with Crippen molar-refractivity contribution in [2.75, 3.05) is 32.8 Å². The molecule has 5 heterocycles. The summed E-state index contributed by atoms with van der Waals surface area (Å²) in [5.74, 6) is 1.23. The molecule has 6 rings (SSSR count). The lowest BCUT2D eigenvalue weighted by Gasteiger charge is -2.47. The molecule has 2 aromatic rings. The number of nitrogens with one attached hydrogen (secondary N) is 1. The fourth-order valence-electron chi connectivity index (χ4n) is 7.33. The van der Waals surface area contributed by atoms with Gasteiger partial charge in [0.1, 0.15) is 0 Å². The Morgan fingerprint density at radius 2 is 1.87 bits per heavy atom. The second-order valence-electron chi connectivity index (χ2n) is 12.4. The van der Waals surface area contributed by atoms with Crippen LogP contribution in [0, 0.1) is 26.7 Å². The Morgan fingerprint density at radius 3 is 2.56 bits per heavy atom. The molecule has 0 bridgehead atoms. The topological polar surface area (TPSA) is 74.9 Å². The highest BCUT2D eigenvalue weighted by Gasteiger charge is 2.39. The van der Waals surface area contributed by atoms with E-state index in [1.807, 2.05) is 36.2 Å². The van der Waals surface area contributed by atoms with E-state index in [0.717, 1.165) is 56.0 Å². The molecule has 1 amide bonds. The molecule has 2 atom stereocenters. The number of thiophene rings is 1. The number of carbonyl (C=O) groups is 1. The lowest BCUT2D eigenvalue weighted by Crippen LogP contribution is -2.58. The third-order valence-electron chi connectivity index (χ3n) is 9.74. The maximum atomic E-state index is 13.6. The molecule has 3 fully saturated rings. The molecule has 1 aliphatic carbocycles. The first-order valence-corrected chi connectivity index (χ1v) is 15.7. The molecule has 2 aromatic heterocycles. The van der Waals surface area contributed by atoms with Crippen LogP contribution >= 0.6 is 11.3 Å². The Kier molecular flexibility index (Phi) is 7.74. The Bertz CT molecular complexity index is 1270. The number of likely N-dealkylation sites (tertiary alicyclic amines) is 1. The van der Waals surface area contributed by atoms with Gasteiger partial charge in [-0.05, 0) is 81.9 Å². The number of rotatable bonds is 7. The van der Waals surface area contributed by atoms with Crippen molar-refractivity contribution in [1.29, 1.82) is 0 Å². The van der Waals surface area contributed by atoms with Crippen molar-refractivity contribution < 1.29 is 14.3 Å². The highest BCUT2D eigenvalue weighted by Crippen LogP contribution is 2.44. The van der Waals surface area contributed by atoms with E-state index in [9.17, 15) is 9.59 Å². The Balaban J connectivity index is 1.06. The highest BCUT2D eigenvalue weighted by atomic mass is 32.1. The number of carbonyl (C=O) groups excluding carboxylic acids is 1. The van der Waals surface area contributed by atoms with Crippen LogP contribution in [0.1, 0.15) is 87.4 Å². The summed E-state index contributed by atoms with van der Waals surface area (Å²) < 4.78 is 11.6. The number of nitrogens with zero attached hydrogens (tertiary/aromatic N) is 2. The predicted octanol–water partition coefficient (Wildman–Crippen LogP) is 4.71. The summed E-state index contributed by atoms with van der Waals surface area (Å²) in [6.07, 6.45) is 7.64. The molecular weight excluding hydrogens is 510 g/mol.